The van der Waals surface area contributed by atoms with Crippen molar-refractivity contribution in [3.8, 4) is 0 Å². The number of carboxylic acids is 1. The molecule has 0 N–H and O–H groups in total. The second-order valence-corrected chi connectivity index (χ2v) is 15.9. The first-order chi connectivity index (χ1) is 27.1. The van der Waals surface area contributed by atoms with Crippen LogP contribution in [0.25, 0.3) is 0 Å². The van der Waals surface area contributed by atoms with Crippen molar-refractivity contribution < 1.29 is 38.2 Å². The third-order valence-electron chi connectivity index (χ3n) is 9.67. The topological polar surface area (TPSA) is 102 Å². The normalized spacial score (nSPS) is 13.5. The molecule has 0 bridgehead atoms. The van der Waals surface area contributed by atoms with Gasteiger partial charge in [-0.3, -0.25) is 9.59 Å². The van der Waals surface area contributed by atoms with E-state index in [0.717, 1.165) is 51.4 Å². The highest BCUT2D eigenvalue weighted by Crippen LogP contribution is 2.14. The lowest BCUT2D eigenvalue weighted by Crippen LogP contribution is -2.55. The molecule has 0 heterocycles. The lowest BCUT2D eigenvalue weighted by Gasteiger charge is -2.34. The van der Waals surface area contributed by atoms with Crippen LogP contribution in [-0.2, 0) is 28.6 Å². The van der Waals surface area contributed by atoms with Crippen molar-refractivity contribution in [1.82, 2.24) is 0 Å². The molecule has 0 amide bonds. The van der Waals surface area contributed by atoms with Crippen LogP contribution in [0.1, 0.15) is 174 Å². The van der Waals surface area contributed by atoms with Crippen molar-refractivity contribution in [1.29, 1.82) is 0 Å². The summed E-state index contributed by atoms with van der Waals surface area (Å²) >= 11 is 0. The van der Waals surface area contributed by atoms with Gasteiger partial charge >= 0.3 is 11.9 Å². The zero-order chi connectivity index (χ0) is 41.4. The minimum Gasteiger partial charge on any atom is -0.544 e. The molecule has 0 rings (SSSR count). The number of esters is 2. The number of rotatable bonds is 39. The molecule has 0 saturated heterocycles. The lowest BCUT2D eigenvalue weighted by molar-refractivity contribution is -0.889. The third kappa shape index (κ3) is 36.7. The van der Waals surface area contributed by atoms with Crippen molar-refractivity contribution in [2.24, 2.45) is 0 Å². The number of hydrogen-bond acceptors (Lipinski definition) is 7. The second-order valence-electron chi connectivity index (χ2n) is 15.9. The molecule has 0 aliphatic heterocycles. The molecule has 0 aromatic heterocycles. The monoisotopic (exact) mass is 786 g/mol. The molecule has 0 aliphatic rings. The third-order valence-corrected chi connectivity index (χ3v) is 9.67. The van der Waals surface area contributed by atoms with Gasteiger partial charge in [0.2, 0.25) is 0 Å². The average Bonchev–Trinajstić information content (AvgIpc) is 3.15. The Morgan fingerprint density at radius 1 is 0.571 bits per heavy atom. The van der Waals surface area contributed by atoms with Crippen LogP contribution in [-0.4, -0.2) is 75.5 Å². The van der Waals surface area contributed by atoms with Crippen LogP contribution in [0.5, 0.6) is 0 Å². The Morgan fingerprint density at radius 3 is 1.62 bits per heavy atom. The molecular weight excluding hydrogens is 703 g/mol. The molecule has 322 valence electrons. The summed E-state index contributed by atoms with van der Waals surface area (Å²) in [7, 11) is 5.38. The van der Waals surface area contributed by atoms with E-state index in [4.69, 9.17) is 14.2 Å². The molecule has 0 aromatic rings. The maximum Gasteiger partial charge on any atom is 0.306 e. The van der Waals surface area contributed by atoms with Gasteiger partial charge in [0.05, 0.1) is 40.3 Å². The van der Waals surface area contributed by atoms with E-state index in [1.54, 1.807) is 21.1 Å². The van der Waals surface area contributed by atoms with Crippen molar-refractivity contribution in [2.75, 3.05) is 41.0 Å². The SMILES string of the molecule is CC/C=C/C/C=C/C/C=C/CCCCC(=O)OC(COCCC(C(=O)[O-])[N+](C)(C)C)COC(=O)CCCCCCCCCCCC/C=C/C=C/CCCCCC. The van der Waals surface area contributed by atoms with Gasteiger partial charge in [0.25, 0.3) is 0 Å². The number of unbranched alkanes of at least 4 members (excludes halogenated alkanes) is 16. The Hall–Kier alpha value is -2.97. The average molecular weight is 786 g/mol. The molecule has 8 heteroatoms. The maximum absolute atomic E-state index is 12.7. The standard InChI is InChI=1S/C48H83NO7/c1-6-8-10-12-14-16-18-20-21-22-23-24-25-26-27-29-30-32-34-36-38-46(50)55-43-44(42-54-41-40-45(48(52)53)49(3,4)5)56-47(51)39-37-35-33-31-28-19-17-15-13-11-9-7-2/h9,11,15-18,20-21,28,31,44-45H,6-8,10,12-14,19,22-27,29-30,32-43H2,1-5H3/b11-9+,17-15+,18-16+,21-20+,31-28+. The van der Waals surface area contributed by atoms with Crippen molar-refractivity contribution in [3.05, 3.63) is 60.8 Å². The smallest absolute Gasteiger partial charge is 0.306 e. The first kappa shape index (κ1) is 53.0. The van der Waals surface area contributed by atoms with Gasteiger partial charge in [0.1, 0.15) is 12.6 Å². The summed E-state index contributed by atoms with van der Waals surface area (Å²) in [6.07, 6.45) is 46.8. The minimum atomic E-state index is -1.13. The predicted molar refractivity (Wildman–Crippen MR) is 231 cm³/mol. The highest BCUT2D eigenvalue weighted by molar-refractivity contribution is 5.70. The van der Waals surface area contributed by atoms with Crippen LogP contribution in [0.2, 0.25) is 0 Å². The molecule has 2 atom stereocenters. The number of quaternary nitrogens is 1. The van der Waals surface area contributed by atoms with Crippen LogP contribution < -0.4 is 5.11 Å². The summed E-state index contributed by atoms with van der Waals surface area (Å²) in [6, 6.07) is -0.734. The van der Waals surface area contributed by atoms with E-state index in [-0.39, 0.29) is 49.1 Å². The number of carboxylic acid groups (broad SMARTS) is 1. The largest absolute Gasteiger partial charge is 0.544 e. The number of nitrogens with zero attached hydrogens (tertiary/aromatic N) is 1. The second kappa shape index (κ2) is 38.9. The van der Waals surface area contributed by atoms with Gasteiger partial charge in [0.15, 0.2) is 6.10 Å². The number of likely N-dealkylation sites (N-methyl/N-ethyl adjacent to an activating group) is 1. The van der Waals surface area contributed by atoms with Crippen molar-refractivity contribution in [2.45, 2.75) is 187 Å². The van der Waals surface area contributed by atoms with Crippen molar-refractivity contribution >= 4 is 17.9 Å². The van der Waals surface area contributed by atoms with E-state index in [2.05, 4.69) is 74.6 Å². The Bertz CT molecular complexity index is 1100. The highest BCUT2D eigenvalue weighted by Gasteiger charge is 2.25. The fraction of sp³-hybridized carbons (Fsp3) is 0.729. The molecule has 0 saturated carbocycles. The van der Waals surface area contributed by atoms with E-state index in [0.29, 0.717) is 12.8 Å². The van der Waals surface area contributed by atoms with E-state index in [9.17, 15) is 19.5 Å². The molecule has 2 unspecified atom stereocenters. The van der Waals surface area contributed by atoms with Crippen LogP contribution in [0.15, 0.2) is 60.8 Å². The number of allylic oxidation sites excluding steroid dienone is 10. The number of ether oxygens (including phenoxy) is 3. The van der Waals surface area contributed by atoms with Crippen LogP contribution in [0.4, 0.5) is 0 Å². The summed E-state index contributed by atoms with van der Waals surface area (Å²) in [6.45, 7) is 4.47. The van der Waals surface area contributed by atoms with E-state index in [1.165, 1.54) is 83.5 Å². The number of aliphatic carboxylic acids is 1. The van der Waals surface area contributed by atoms with E-state index < -0.39 is 18.1 Å². The van der Waals surface area contributed by atoms with E-state index >= 15 is 0 Å². The molecule has 8 nitrogen and oxygen atoms in total. The Morgan fingerprint density at radius 2 is 1.05 bits per heavy atom. The van der Waals surface area contributed by atoms with Gasteiger partial charge < -0.3 is 28.6 Å². The van der Waals surface area contributed by atoms with Gasteiger partial charge in [-0.05, 0) is 70.6 Å². The van der Waals surface area contributed by atoms with Crippen molar-refractivity contribution in [3.63, 3.8) is 0 Å². The van der Waals surface area contributed by atoms with Gasteiger partial charge in [-0.15, -0.1) is 0 Å². The number of hydrogen-bond donors (Lipinski definition) is 0. The summed E-state index contributed by atoms with van der Waals surface area (Å²) in [4.78, 5) is 36.8. The van der Waals surface area contributed by atoms with E-state index in [1.807, 2.05) is 0 Å². The molecule has 0 aliphatic carbocycles. The van der Waals surface area contributed by atoms with Crippen LogP contribution in [0, 0.1) is 0 Å². The lowest BCUT2D eigenvalue weighted by atomic mass is 10.1. The molecule has 0 aromatic carbocycles. The zero-order valence-electron chi connectivity index (χ0n) is 36.5. The zero-order valence-corrected chi connectivity index (χ0v) is 36.5. The van der Waals surface area contributed by atoms with Gasteiger partial charge in [-0.25, -0.2) is 0 Å². The van der Waals surface area contributed by atoms with Crippen LogP contribution >= 0.6 is 0 Å². The predicted octanol–water partition coefficient (Wildman–Crippen LogP) is 10.9. The summed E-state index contributed by atoms with van der Waals surface area (Å²) in [5.74, 6) is -1.80. The van der Waals surface area contributed by atoms with Gasteiger partial charge in [-0.1, -0.05) is 145 Å². The number of carbonyl (C=O) groups is 3. The molecular formula is C48H83NO7. The summed E-state index contributed by atoms with van der Waals surface area (Å²) in [5.41, 5.74) is 0. The maximum atomic E-state index is 12.7. The Kier molecular flexibility index (Phi) is 36.8. The Labute approximate surface area is 343 Å². The van der Waals surface area contributed by atoms with Gasteiger partial charge in [-0.2, -0.15) is 0 Å². The first-order valence-electron chi connectivity index (χ1n) is 22.3. The van der Waals surface area contributed by atoms with Crippen LogP contribution in [0.3, 0.4) is 0 Å². The molecule has 0 spiro atoms. The quantitative estimate of drug-likeness (QED) is 0.0201. The fourth-order valence-electron chi connectivity index (χ4n) is 6.19. The summed E-state index contributed by atoms with van der Waals surface area (Å²) in [5, 5.41) is 11.6. The minimum absolute atomic E-state index is 0.0222. The first-order valence-corrected chi connectivity index (χ1v) is 22.3. The highest BCUT2D eigenvalue weighted by atomic mass is 16.6. The molecule has 56 heavy (non-hydrogen) atoms. The summed E-state index contributed by atoms with van der Waals surface area (Å²) < 4.78 is 17.1. The Balaban J connectivity index is 4.32. The molecule has 0 radical (unpaired) electrons. The van der Waals surface area contributed by atoms with Gasteiger partial charge in [0, 0.05) is 19.3 Å². The molecule has 0 fully saturated rings. The number of carbonyl (C=O) groups excluding carboxylic acids is 3. The fourth-order valence-corrected chi connectivity index (χ4v) is 6.19.